The third kappa shape index (κ3) is 2.86. The van der Waals surface area contributed by atoms with Gasteiger partial charge in [-0.1, -0.05) is 15.9 Å². The van der Waals surface area contributed by atoms with Crippen molar-refractivity contribution in [3.8, 4) is 5.75 Å². The number of fused-ring (bicyclic) bond motifs is 1. The zero-order valence-corrected chi connectivity index (χ0v) is 13.3. The minimum absolute atomic E-state index is 0.923. The first-order valence-corrected chi connectivity index (χ1v) is 8.03. The van der Waals surface area contributed by atoms with E-state index in [2.05, 4.69) is 44.4 Å². The molecule has 1 aliphatic heterocycles. The van der Waals surface area contributed by atoms with E-state index in [1.165, 1.54) is 17.5 Å². The molecule has 0 saturated carbocycles. The lowest BCUT2D eigenvalue weighted by Gasteiger charge is -2.27. The van der Waals surface area contributed by atoms with Crippen LogP contribution in [0.25, 0.3) is 0 Å². The molecule has 0 saturated heterocycles. The van der Waals surface area contributed by atoms with Crippen LogP contribution in [0.4, 0.5) is 0 Å². The van der Waals surface area contributed by atoms with E-state index in [0.717, 1.165) is 29.9 Å². The second-order valence-electron chi connectivity index (χ2n) is 4.79. The normalized spacial score (nSPS) is 15.3. The van der Waals surface area contributed by atoms with E-state index in [0.29, 0.717) is 0 Å². The largest absolute Gasteiger partial charge is 0.497 e. The Hall–Kier alpha value is -0.840. The zero-order valence-electron chi connectivity index (χ0n) is 10.9. The molecule has 0 radical (unpaired) electrons. The third-order valence-electron chi connectivity index (χ3n) is 3.53. The Morgan fingerprint density at radius 1 is 1.37 bits per heavy atom. The van der Waals surface area contributed by atoms with Crippen LogP contribution >= 0.6 is 27.3 Å². The van der Waals surface area contributed by atoms with Crippen LogP contribution in [0.15, 0.2) is 34.1 Å². The molecule has 19 heavy (non-hydrogen) atoms. The first-order valence-electron chi connectivity index (χ1n) is 6.36. The van der Waals surface area contributed by atoms with Gasteiger partial charge in [-0.2, -0.15) is 0 Å². The summed E-state index contributed by atoms with van der Waals surface area (Å²) in [6.07, 6.45) is 1.18. The number of nitrogens with zero attached hydrogens (tertiary/aromatic N) is 1. The van der Waals surface area contributed by atoms with Gasteiger partial charge in [0.2, 0.25) is 0 Å². The van der Waals surface area contributed by atoms with E-state index in [1.807, 2.05) is 17.4 Å². The fraction of sp³-hybridized carbons (Fsp3) is 0.333. The highest BCUT2D eigenvalue weighted by molar-refractivity contribution is 9.10. The van der Waals surface area contributed by atoms with Gasteiger partial charge in [0.05, 0.1) is 7.11 Å². The summed E-state index contributed by atoms with van der Waals surface area (Å²) in [6, 6.07) is 8.43. The number of rotatable bonds is 3. The van der Waals surface area contributed by atoms with Crippen LogP contribution < -0.4 is 4.74 Å². The Balaban J connectivity index is 1.76. The summed E-state index contributed by atoms with van der Waals surface area (Å²) < 4.78 is 6.46. The van der Waals surface area contributed by atoms with E-state index in [4.69, 9.17) is 4.74 Å². The van der Waals surface area contributed by atoms with Crippen LogP contribution in [-0.4, -0.2) is 18.6 Å². The Morgan fingerprint density at radius 2 is 2.26 bits per heavy atom. The predicted octanol–water partition coefficient (Wildman–Crippen LogP) is 4.08. The summed E-state index contributed by atoms with van der Waals surface area (Å²) in [7, 11) is 1.71. The van der Waals surface area contributed by atoms with Crippen molar-refractivity contribution in [2.75, 3.05) is 13.7 Å². The highest BCUT2D eigenvalue weighted by atomic mass is 79.9. The number of benzene rings is 1. The van der Waals surface area contributed by atoms with Crippen molar-refractivity contribution >= 4 is 27.3 Å². The summed E-state index contributed by atoms with van der Waals surface area (Å²) >= 11 is 5.52. The molecule has 0 atom stereocenters. The molecule has 0 bridgehead atoms. The molecule has 1 aliphatic rings. The van der Waals surface area contributed by atoms with Crippen LogP contribution in [0.3, 0.4) is 0 Å². The van der Waals surface area contributed by atoms with Crippen molar-refractivity contribution in [3.05, 3.63) is 50.1 Å². The predicted molar refractivity (Wildman–Crippen MR) is 82.8 cm³/mol. The number of methoxy groups -OCH3 is 1. The lowest BCUT2D eigenvalue weighted by Crippen LogP contribution is -2.29. The molecule has 0 fully saturated rings. The van der Waals surface area contributed by atoms with Gasteiger partial charge in [0.1, 0.15) is 5.75 Å². The smallest absolute Gasteiger partial charge is 0.119 e. The number of ether oxygens (including phenoxy) is 1. The SMILES string of the molecule is COc1ccc(Br)c(CN2CCc3sccc3C2)c1. The van der Waals surface area contributed by atoms with Crippen LogP contribution in [0, 0.1) is 0 Å². The molecule has 0 spiro atoms. The maximum Gasteiger partial charge on any atom is 0.119 e. The minimum atomic E-state index is 0.923. The van der Waals surface area contributed by atoms with Gasteiger partial charge in [0, 0.05) is 29.0 Å². The highest BCUT2D eigenvalue weighted by Crippen LogP contribution is 2.28. The average molecular weight is 338 g/mol. The van der Waals surface area contributed by atoms with Gasteiger partial charge in [0.15, 0.2) is 0 Å². The van der Waals surface area contributed by atoms with Crippen molar-refractivity contribution in [2.45, 2.75) is 19.5 Å². The van der Waals surface area contributed by atoms with Crippen LogP contribution in [0.5, 0.6) is 5.75 Å². The molecule has 2 aromatic rings. The Bertz CT molecular complexity index is 581. The second kappa shape index (κ2) is 5.65. The molecule has 2 heterocycles. The summed E-state index contributed by atoms with van der Waals surface area (Å²) in [5, 5.41) is 2.20. The van der Waals surface area contributed by atoms with Crippen molar-refractivity contribution in [2.24, 2.45) is 0 Å². The fourth-order valence-electron chi connectivity index (χ4n) is 2.48. The number of thiophene rings is 1. The lowest BCUT2D eigenvalue weighted by molar-refractivity contribution is 0.246. The number of hydrogen-bond acceptors (Lipinski definition) is 3. The Kier molecular flexibility index (Phi) is 3.91. The molecule has 0 N–H and O–H groups in total. The van der Waals surface area contributed by atoms with Crippen LogP contribution in [0.2, 0.25) is 0 Å². The van der Waals surface area contributed by atoms with E-state index in [1.54, 1.807) is 12.0 Å². The molecule has 0 aliphatic carbocycles. The highest BCUT2D eigenvalue weighted by Gasteiger charge is 2.18. The molecule has 4 heteroatoms. The Morgan fingerprint density at radius 3 is 3.11 bits per heavy atom. The molecule has 0 unspecified atom stereocenters. The maximum absolute atomic E-state index is 5.31. The monoisotopic (exact) mass is 337 g/mol. The van der Waals surface area contributed by atoms with Gasteiger partial charge < -0.3 is 4.74 Å². The van der Waals surface area contributed by atoms with E-state index in [-0.39, 0.29) is 0 Å². The zero-order chi connectivity index (χ0) is 13.2. The van der Waals surface area contributed by atoms with E-state index < -0.39 is 0 Å². The van der Waals surface area contributed by atoms with Gasteiger partial charge in [-0.05, 0) is 47.2 Å². The molecular formula is C15H16BrNOS. The van der Waals surface area contributed by atoms with Gasteiger partial charge in [-0.25, -0.2) is 0 Å². The number of hydrogen-bond donors (Lipinski definition) is 0. The van der Waals surface area contributed by atoms with Crippen molar-refractivity contribution in [1.82, 2.24) is 4.90 Å². The van der Waals surface area contributed by atoms with Crippen molar-refractivity contribution in [1.29, 1.82) is 0 Å². The van der Waals surface area contributed by atoms with Crippen molar-refractivity contribution < 1.29 is 4.74 Å². The summed E-state index contributed by atoms with van der Waals surface area (Å²) in [4.78, 5) is 4.05. The molecular weight excluding hydrogens is 322 g/mol. The van der Waals surface area contributed by atoms with Gasteiger partial charge in [-0.3, -0.25) is 4.90 Å². The fourth-order valence-corrected chi connectivity index (χ4v) is 3.74. The minimum Gasteiger partial charge on any atom is -0.497 e. The van der Waals surface area contributed by atoms with Crippen LogP contribution in [0.1, 0.15) is 16.0 Å². The van der Waals surface area contributed by atoms with Gasteiger partial charge >= 0.3 is 0 Å². The van der Waals surface area contributed by atoms with E-state index >= 15 is 0 Å². The maximum atomic E-state index is 5.31. The Labute approximate surface area is 126 Å². The molecule has 3 rings (SSSR count). The van der Waals surface area contributed by atoms with Crippen LogP contribution in [-0.2, 0) is 19.5 Å². The molecule has 100 valence electrons. The average Bonchev–Trinajstić information content (AvgIpc) is 2.89. The van der Waals surface area contributed by atoms with Crippen molar-refractivity contribution in [3.63, 3.8) is 0 Å². The lowest BCUT2D eigenvalue weighted by atomic mass is 10.1. The summed E-state index contributed by atoms with van der Waals surface area (Å²) in [6.45, 7) is 3.16. The summed E-state index contributed by atoms with van der Waals surface area (Å²) in [5.74, 6) is 0.923. The first kappa shape index (κ1) is 13.2. The third-order valence-corrected chi connectivity index (χ3v) is 5.33. The molecule has 1 aromatic heterocycles. The topological polar surface area (TPSA) is 12.5 Å². The van der Waals surface area contributed by atoms with E-state index in [9.17, 15) is 0 Å². The standard InChI is InChI=1S/C15H16BrNOS/c1-18-13-2-3-14(16)12(8-13)10-17-6-4-15-11(9-17)5-7-19-15/h2-3,5,7-8H,4,6,9-10H2,1H3. The second-order valence-corrected chi connectivity index (χ2v) is 6.64. The molecule has 1 aromatic carbocycles. The van der Waals surface area contributed by atoms with Gasteiger partial charge in [-0.15, -0.1) is 11.3 Å². The quantitative estimate of drug-likeness (QED) is 0.836. The summed E-state index contributed by atoms with van der Waals surface area (Å²) in [5.41, 5.74) is 2.79. The molecule has 2 nitrogen and oxygen atoms in total. The van der Waals surface area contributed by atoms with Gasteiger partial charge in [0.25, 0.3) is 0 Å². The molecule has 0 amide bonds. The number of halogens is 1. The first-order chi connectivity index (χ1) is 9.26.